The molecule has 0 atom stereocenters. The normalized spacial score (nSPS) is 32.3. The second-order valence-electron chi connectivity index (χ2n) is 8.44. The van der Waals surface area contributed by atoms with E-state index < -0.39 is 8.32 Å². The first-order chi connectivity index (χ1) is 9.53. The molecule has 2 rings (SSSR count). The summed E-state index contributed by atoms with van der Waals surface area (Å²) in [6.45, 7) is 12.3. The molecule has 0 aromatic carbocycles. The van der Waals surface area contributed by atoms with E-state index >= 15 is 0 Å². The molecule has 0 aliphatic heterocycles. The van der Waals surface area contributed by atoms with Gasteiger partial charge in [-0.05, 0) is 62.5 Å². The highest BCUT2D eigenvalue weighted by atomic mass is 32.1. The summed E-state index contributed by atoms with van der Waals surface area (Å²) >= 11 is 4.98. The van der Waals surface area contributed by atoms with Gasteiger partial charge in [-0.15, -0.1) is 0 Å². The van der Waals surface area contributed by atoms with Gasteiger partial charge in [0.15, 0.2) is 8.32 Å². The van der Waals surface area contributed by atoms with E-state index in [-0.39, 0.29) is 16.1 Å². The maximum atomic E-state index is 6.81. The molecule has 0 amide bonds. The average molecular weight is 331 g/mol. The van der Waals surface area contributed by atoms with Crippen LogP contribution < -0.4 is 11.3 Å². The molecular formula is C15H30N2O2SSi. The summed E-state index contributed by atoms with van der Waals surface area (Å²) in [5, 5.41) is 0.552. The molecule has 0 unspecified atom stereocenters. The lowest BCUT2D eigenvalue weighted by Gasteiger charge is -2.43. The number of hydrazine groups is 1. The Morgan fingerprint density at radius 1 is 1.24 bits per heavy atom. The second-order valence-corrected chi connectivity index (χ2v) is 13.5. The third-order valence-corrected chi connectivity index (χ3v) is 10.6. The summed E-state index contributed by atoms with van der Waals surface area (Å²) in [7, 11) is -1.72. The molecule has 4 nitrogen and oxygen atoms in total. The Balaban J connectivity index is 2.01. The number of thiocarbonyl (C=S) groups is 1. The van der Waals surface area contributed by atoms with Gasteiger partial charge in [-0.1, -0.05) is 20.8 Å². The van der Waals surface area contributed by atoms with E-state index in [0.29, 0.717) is 11.8 Å². The molecule has 21 heavy (non-hydrogen) atoms. The molecule has 0 radical (unpaired) electrons. The molecule has 2 aliphatic carbocycles. The Bertz CT molecular complexity index is 412. The van der Waals surface area contributed by atoms with Crippen molar-refractivity contribution in [3.63, 3.8) is 0 Å². The minimum Gasteiger partial charge on any atom is -0.470 e. The van der Waals surface area contributed by atoms with Gasteiger partial charge in [-0.3, -0.25) is 5.43 Å². The zero-order valence-corrected chi connectivity index (χ0v) is 15.9. The van der Waals surface area contributed by atoms with E-state index in [9.17, 15) is 0 Å². The van der Waals surface area contributed by atoms with Crippen molar-refractivity contribution < 1.29 is 9.16 Å². The van der Waals surface area contributed by atoms with E-state index in [4.69, 9.17) is 27.2 Å². The minimum atomic E-state index is -1.72. The number of ether oxygens (including phenoxy) is 1. The smallest absolute Gasteiger partial charge is 0.271 e. The van der Waals surface area contributed by atoms with Gasteiger partial charge in [-0.2, -0.15) is 0 Å². The van der Waals surface area contributed by atoms with Crippen LogP contribution in [0.3, 0.4) is 0 Å². The molecule has 0 aromatic rings. The predicted molar refractivity (Wildman–Crippen MR) is 92.4 cm³/mol. The van der Waals surface area contributed by atoms with Gasteiger partial charge in [0, 0.05) is 5.41 Å². The fourth-order valence-corrected chi connectivity index (χ4v) is 5.29. The molecule has 0 aromatic heterocycles. The first-order valence-electron chi connectivity index (χ1n) is 7.87. The number of hydrogen-bond donors (Lipinski definition) is 2. The Morgan fingerprint density at radius 2 is 1.81 bits per heavy atom. The van der Waals surface area contributed by atoms with Crippen molar-refractivity contribution in [1.29, 1.82) is 0 Å². The Kier molecular flexibility index (Phi) is 4.48. The van der Waals surface area contributed by atoms with Crippen molar-refractivity contribution in [1.82, 2.24) is 5.43 Å². The fraction of sp³-hybridized carbons (Fsp3) is 0.933. The number of hydrogen-bond acceptors (Lipinski definition) is 4. The van der Waals surface area contributed by atoms with Crippen molar-refractivity contribution >= 4 is 25.7 Å². The topological polar surface area (TPSA) is 56.5 Å². The van der Waals surface area contributed by atoms with Crippen molar-refractivity contribution in [2.45, 2.75) is 76.6 Å². The minimum absolute atomic E-state index is 0.0874. The van der Waals surface area contributed by atoms with Crippen LogP contribution in [0.2, 0.25) is 18.1 Å². The van der Waals surface area contributed by atoms with E-state index in [0.717, 1.165) is 19.3 Å². The fourth-order valence-electron chi connectivity index (χ4n) is 3.56. The molecule has 122 valence electrons. The van der Waals surface area contributed by atoms with Crippen LogP contribution >= 0.6 is 12.2 Å². The van der Waals surface area contributed by atoms with E-state index in [1.807, 2.05) is 0 Å². The lowest BCUT2D eigenvalue weighted by Crippen LogP contribution is -2.48. The Morgan fingerprint density at radius 3 is 2.29 bits per heavy atom. The maximum absolute atomic E-state index is 6.81. The monoisotopic (exact) mass is 330 g/mol. The number of nitrogens with one attached hydrogen (secondary N) is 1. The summed E-state index contributed by atoms with van der Waals surface area (Å²) in [6, 6.07) is 0. The molecular weight excluding hydrogens is 300 g/mol. The summed E-state index contributed by atoms with van der Waals surface area (Å²) in [5.41, 5.74) is 2.72. The summed E-state index contributed by atoms with van der Waals surface area (Å²) in [6.07, 6.45) is 5.78. The quantitative estimate of drug-likeness (QED) is 0.358. The van der Waals surface area contributed by atoms with Crippen LogP contribution in [0.15, 0.2) is 0 Å². The molecule has 6 heteroatoms. The molecule has 2 bridgehead atoms. The summed E-state index contributed by atoms with van der Waals surface area (Å²) in [5.74, 6) is 5.27. The van der Waals surface area contributed by atoms with E-state index in [1.54, 1.807) is 0 Å². The van der Waals surface area contributed by atoms with Crippen molar-refractivity contribution in [3.8, 4) is 0 Å². The van der Waals surface area contributed by atoms with Crippen molar-refractivity contribution in [2.24, 2.45) is 11.3 Å². The second kappa shape index (κ2) is 5.48. The van der Waals surface area contributed by atoms with Gasteiger partial charge in [0.25, 0.3) is 5.17 Å². The first-order valence-corrected chi connectivity index (χ1v) is 11.2. The van der Waals surface area contributed by atoms with Gasteiger partial charge in [0.05, 0.1) is 12.2 Å². The highest BCUT2D eigenvalue weighted by molar-refractivity contribution is 7.80. The Hall–Kier alpha value is -0.173. The Labute approximate surface area is 135 Å². The van der Waals surface area contributed by atoms with Gasteiger partial charge >= 0.3 is 0 Å². The molecule has 2 aliphatic rings. The van der Waals surface area contributed by atoms with Crippen LogP contribution in [0.5, 0.6) is 0 Å². The van der Waals surface area contributed by atoms with Gasteiger partial charge in [0.2, 0.25) is 0 Å². The standard InChI is InChI=1S/C15H30N2O2SSi/c1-13(2,3)21(4,5)19-15-8-6-14(10-15,7-9-15)11-18-12(20)17-16/h6-11,16H2,1-5H3,(H,17,20). The molecule has 3 N–H and O–H groups in total. The van der Waals surface area contributed by atoms with Crippen LogP contribution in [0.1, 0.15) is 52.9 Å². The zero-order chi connectivity index (χ0) is 15.9. The van der Waals surface area contributed by atoms with Gasteiger partial charge < -0.3 is 9.16 Å². The van der Waals surface area contributed by atoms with Crippen LogP contribution in [0.4, 0.5) is 0 Å². The molecule has 2 fully saturated rings. The maximum Gasteiger partial charge on any atom is 0.271 e. The zero-order valence-electron chi connectivity index (χ0n) is 14.0. The van der Waals surface area contributed by atoms with Gasteiger partial charge in [0.1, 0.15) is 0 Å². The lowest BCUT2D eigenvalue weighted by atomic mass is 9.85. The molecule has 0 spiro atoms. The summed E-state index contributed by atoms with van der Waals surface area (Å²) < 4.78 is 12.4. The van der Waals surface area contributed by atoms with Crippen LogP contribution in [0.25, 0.3) is 0 Å². The van der Waals surface area contributed by atoms with Gasteiger partial charge in [-0.25, -0.2) is 5.84 Å². The number of rotatable bonds is 4. The largest absolute Gasteiger partial charge is 0.470 e. The van der Waals surface area contributed by atoms with Crippen LogP contribution in [0, 0.1) is 5.41 Å². The van der Waals surface area contributed by atoms with Crippen molar-refractivity contribution in [2.75, 3.05) is 6.61 Å². The highest BCUT2D eigenvalue weighted by Gasteiger charge is 2.58. The third-order valence-electron chi connectivity index (χ3n) is 5.82. The average Bonchev–Trinajstić information content (AvgIpc) is 2.89. The first kappa shape index (κ1) is 17.2. The highest BCUT2D eigenvalue weighted by Crippen LogP contribution is 2.60. The summed E-state index contributed by atoms with van der Waals surface area (Å²) in [4.78, 5) is 0. The van der Waals surface area contributed by atoms with E-state index in [1.165, 1.54) is 12.8 Å². The number of fused-ring (bicyclic) bond motifs is 2. The van der Waals surface area contributed by atoms with Crippen LogP contribution in [-0.2, 0) is 9.16 Å². The SMILES string of the molecule is CC(C)(C)[Si](C)(C)OC12CCC(COC(=S)NN)(CC1)C2. The van der Waals surface area contributed by atoms with Crippen LogP contribution in [-0.4, -0.2) is 25.7 Å². The lowest BCUT2D eigenvalue weighted by molar-refractivity contribution is 0.0640. The predicted octanol–water partition coefficient (Wildman–Crippen LogP) is 3.48. The van der Waals surface area contributed by atoms with E-state index in [2.05, 4.69) is 39.3 Å². The molecule has 2 saturated carbocycles. The molecule has 0 saturated heterocycles. The molecule has 0 heterocycles. The third kappa shape index (κ3) is 3.44. The number of nitrogens with two attached hydrogens (primary N) is 1. The van der Waals surface area contributed by atoms with Crippen molar-refractivity contribution in [3.05, 3.63) is 0 Å².